The number of fused-ring (bicyclic) bond motifs is 13. The van der Waals surface area contributed by atoms with E-state index in [1.807, 2.05) is 11.3 Å². The molecule has 0 saturated carbocycles. The van der Waals surface area contributed by atoms with Gasteiger partial charge in [0.1, 0.15) is 0 Å². The summed E-state index contributed by atoms with van der Waals surface area (Å²) in [4.78, 5) is 2.51. The predicted octanol–water partition coefficient (Wildman–Crippen LogP) is 15.2. The average molecular weight is 749 g/mol. The third kappa shape index (κ3) is 4.46. The summed E-state index contributed by atoms with van der Waals surface area (Å²) >= 11 is 1.91. The van der Waals surface area contributed by atoms with E-state index >= 15 is 0 Å². The first-order valence-corrected chi connectivity index (χ1v) is 20.8. The van der Waals surface area contributed by atoms with E-state index in [0.29, 0.717) is 0 Å². The molecule has 57 heavy (non-hydrogen) atoms. The summed E-state index contributed by atoms with van der Waals surface area (Å²) in [6.07, 6.45) is 0. The summed E-state index contributed by atoms with van der Waals surface area (Å²) in [6, 6.07) is 63.7. The van der Waals surface area contributed by atoms with E-state index in [1.165, 1.54) is 104 Å². The Kier molecular flexibility index (Phi) is 6.65. The third-order valence-corrected chi connectivity index (χ3v) is 14.4. The molecule has 2 aliphatic rings. The Morgan fingerprint density at radius 3 is 1.61 bits per heavy atom. The van der Waals surface area contributed by atoms with Crippen LogP contribution in [0.5, 0.6) is 0 Å². The largest absolute Gasteiger partial charge is 0.310 e. The molecule has 0 unspecified atom stereocenters. The number of anilines is 3. The van der Waals surface area contributed by atoms with Crippen molar-refractivity contribution in [2.45, 2.75) is 38.5 Å². The van der Waals surface area contributed by atoms with Crippen LogP contribution in [0.15, 0.2) is 170 Å². The summed E-state index contributed by atoms with van der Waals surface area (Å²) in [5.41, 5.74) is 17.7. The fourth-order valence-corrected chi connectivity index (χ4v) is 11.6. The van der Waals surface area contributed by atoms with Crippen molar-refractivity contribution in [2.75, 3.05) is 4.90 Å². The molecular weight excluding hydrogens is 709 g/mol. The summed E-state index contributed by atoms with van der Waals surface area (Å²) in [5.74, 6) is 0. The van der Waals surface area contributed by atoms with Crippen molar-refractivity contribution >= 4 is 70.4 Å². The number of aromatic nitrogens is 1. The van der Waals surface area contributed by atoms with Crippen molar-refractivity contribution < 1.29 is 0 Å². The van der Waals surface area contributed by atoms with Gasteiger partial charge in [-0.25, -0.2) is 0 Å². The zero-order chi connectivity index (χ0) is 38.2. The van der Waals surface area contributed by atoms with E-state index in [4.69, 9.17) is 0 Å². The number of rotatable bonds is 4. The van der Waals surface area contributed by atoms with Gasteiger partial charge >= 0.3 is 0 Å². The third-order valence-electron chi connectivity index (χ3n) is 13.2. The van der Waals surface area contributed by atoms with Gasteiger partial charge in [-0.15, -0.1) is 11.3 Å². The quantitative estimate of drug-likeness (QED) is 0.174. The fourth-order valence-electron chi connectivity index (χ4n) is 10.4. The van der Waals surface area contributed by atoms with Gasteiger partial charge in [0.05, 0.1) is 11.0 Å². The van der Waals surface area contributed by atoms with Gasteiger partial charge < -0.3 is 9.47 Å². The molecule has 2 nitrogen and oxygen atoms in total. The van der Waals surface area contributed by atoms with Gasteiger partial charge in [-0.3, -0.25) is 0 Å². The van der Waals surface area contributed by atoms with E-state index in [0.717, 1.165) is 5.69 Å². The lowest BCUT2D eigenvalue weighted by Crippen LogP contribution is -2.18. The number of hydrogen-bond donors (Lipinski definition) is 0. The van der Waals surface area contributed by atoms with E-state index in [9.17, 15) is 0 Å². The minimum atomic E-state index is -0.116. The van der Waals surface area contributed by atoms with Gasteiger partial charge in [-0.1, -0.05) is 131 Å². The summed E-state index contributed by atoms with van der Waals surface area (Å²) in [6.45, 7) is 9.51. The SMILES string of the molecule is CC1(C)c2ccccc2-c2ccc(N(c3ccc4c(c3)C(C)(C)c3ccccc3-4)c3ccc4c(c3)c3c5sc6ccccc6c5ccc3n4-c3ccccc3)cc21. The minimum absolute atomic E-state index is 0.116. The normalized spacial score (nSPS) is 14.6. The van der Waals surface area contributed by atoms with E-state index in [2.05, 4.69) is 207 Å². The highest BCUT2D eigenvalue weighted by atomic mass is 32.1. The predicted molar refractivity (Wildman–Crippen MR) is 243 cm³/mol. The number of hydrogen-bond acceptors (Lipinski definition) is 2. The van der Waals surface area contributed by atoms with Crippen LogP contribution in [0, 0.1) is 0 Å². The topological polar surface area (TPSA) is 8.17 Å². The lowest BCUT2D eigenvalue weighted by Gasteiger charge is -2.30. The summed E-state index contributed by atoms with van der Waals surface area (Å²) in [5, 5.41) is 5.21. The standard InChI is InChI=1S/C54H40N2S/c1-53(2)44-19-11-8-16-37(44)39-25-22-35(31-46(39)53)55(36-23-26-40-38-17-9-12-20-45(38)54(3,4)47(40)32-36)34-24-28-48-43(30-34)51-49(56(48)33-14-6-5-7-15-33)29-27-42-41-18-10-13-21-50(41)57-52(42)51/h5-32H,1-4H3. The minimum Gasteiger partial charge on any atom is -0.310 e. The maximum absolute atomic E-state index is 2.51. The van der Waals surface area contributed by atoms with Crippen LogP contribution < -0.4 is 4.90 Å². The second-order valence-corrected chi connectivity index (χ2v) is 18.0. The van der Waals surface area contributed by atoms with E-state index < -0.39 is 0 Å². The van der Waals surface area contributed by atoms with Crippen LogP contribution in [0.25, 0.3) is 69.9 Å². The molecule has 0 aliphatic heterocycles. The molecule has 0 amide bonds. The number of benzene rings is 8. The smallest absolute Gasteiger partial charge is 0.0555 e. The van der Waals surface area contributed by atoms with Gasteiger partial charge in [-0.2, -0.15) is 0 Å². The average Bonchev–Trinajstić information content (AvgIpc) is 3.92. The van der Waals surface area contributed by atoms with Crippen LogP contribution in [0.3, 0.4) is 0 Å². The Labute approximate surface area is 336 Å². The monoisotopic (exact) mass is 748 g/mol. The van der Waals surface area contributed by atoms with Crippen molar-refractivity contribution in [3.05, 3.63) is 192 Å². The van der Waals surface area contributed by atoms with Crippen LogP contribution in [0.4, 0.5) is 17.1 Å². The Morgan fingerprint density at radius 2 is 0.947 bits per heavy atom. The number of nitrogens with zero attached hydrogens (tertiary/aromatic N) is 2. The van der Waals surface area contributed by atoms with Crippen LogP contribution in [-0.2, 0) is 10.8 Å². The molecule has 3 heteroatoms. The molecule has 0 saturated heterocycles. The second-order valence-electron chi connectivity index (χ2n) is 16.9. The summed E-state index contributed by atoms with van der Waals surface area (Å²) in [7, 11) is 0. The van der Waals surface area contributed by atoms with Crippen LogP contribution in [0.1, 0.15) is 49.9 Å². The van der Waals surface area contributed by atoms with E-state index in [-0.39, 0.29) is 10.8 Å². The molecule has 0 spiro atoms. The van der Waals surface area contributed by atoms with Gasteiger partial charge in [0.2, 0.25) is 0 Å². The zero-order valence-electron chi connectivity index (χ0n) is 32.5. The van der Waals surface area contributed by atoms with Crippen LogP contribution in [-0.4, -0.2) is 4.57 Å². The van der Waals surface area contributed by atoms with Crippen molar-refractivity contribution in [1.82, 2.24) is 4.57 Å². The zero-order valence-corrected chi connectivity index (χ0v) is 33.3. The van der Waals surface area contributed by atoms with Gasteiger partial charge in [-0.05, 0) is 111 Å². The van der Waals surface area contributed by atoms with Crippen molar-refractivity contribution in [1.29, 1.82) is 0 Å². The van der Waals surface area contributed by atoms with Crippen molar-refractivity contribution in [2.24, 2.45) is 0 Å². The molecule has 0 bridgehead atoms. The van der Waals surface area contributed by atoms with Gasteiger partial charge in [0.25, 0.3) is 0 Å². The highest BCUT2D eigenvalue weighted by Gasteiger charge is 2.38. The molecule has 12 rings (SSSR count). The van der Waals surface area contributed by atoms with Gasteiger partial charge in [0.15, 0.2) is 0 Å². The van der Waals surface area contributed by atoms with Crippen LogP contribution >= 0.6 is 11.3 Å². The first kappa shape index (κ1) is 32.8. The Bertz CT molecular complexity index is 3200. The number of thiophene rings is 1. The lowest BCUT2D eigenvalue weighted by atomic mass is 9.82. The Balaban J connectivity index is 1.14. The molecule has 0 N–H and O–H groups in total. The molecule has 10 aromatic rings. The van der Waals surface area contributed by atoms with Crippen molar-refractivity contribution in [3.8, 4) is 27.9 Å². The Morgan fingerprint density at radius 1 is 0.421 bits per heavy atom. The molecule has 0 atom stereocenters. The first-order valence-electron chi connectivity index (χ1n) is 20.0. The number of para-hydroxylation sites is 1. The van der Waals surface area contributed by atoms with Crippen LogP contribution in [0.2, 0.25) is 0 Å². The van der Waals surface area contributed by atoms with E-state index in [1.54, 1.807) is 0 Å². The highest BCUT2D eigenvalue weighted by Crippen LogP contribution is 2.54. The molecule has 272 valence electrons. The Hall–Kier alpha value is -6.42. The molecule has 8 aromatic carbocycles. The molecule has 2 aromatic heterocycles. The van der Waals surface area contributed by atoms with Gasteiger partial charge in [0, 0.05) is 64.5 Å². The van der Waals surface area contributed by atoms with Crippen molar-refractivity contribution in [3.63, 3.8) is 0 Å². The first-order chi connectivity index (χ1) is 27.8. The molecular formula is C54H40N2S. The maximum atomic E-state index is 2.51. The molecule has 0 radical (unpaired) electrons. The maximum Gasteiger partial charge on any atom is 0.0555 e. The lowest BCUT2D eigenvalue weighted by molar-refractivity contribution is 0.660. The molecule has 0 fully saturated rings. The molecule has 2 aliphatic carbocycles. The molecule has 2 heterocycles. The fraction of sp³-hybridized carbons (Fsp3) is 0.111. The second kappa shape index (κ2) is 11.6. The highest BCUT2D eigenvalue weighted by molar-refractivity contribution is 7.26. The summed E-state index contributed by atoms with van der Waals surface area (Å²) < 4.78 is 5.11.